The average Bonchev–Trinajstić information content (AvgIpc) is 3.59. The number of aryl methyl sites for hydroxylation is 2. The molecule has 1 N–H and O–H groups in total. The molecule has 1 saturated carbocycles. The molecule has 6 rings (SSSR count). The molecule has 0 bridgehead atoms. The SMILES string of the molecule is Cc1ccc(COc2cccc(-c3ccc(Cc4nc5ccc(C(=O)O)cc5n4CC4(C)CC4)c(C)c3)n2)c(F)c1. The lowest BCUT2D eigenvalue weighted by Crippen LogP contribution is -2.12. The highest BCUT2D eigenvalue weighted by atomic mass is 19.1. The van der Waals surface area contributed by atoms with Crippen LogP contribution in [0.15, 0.2) is 72.8 Å². The second-order valence-electron chi connectivity index (χ2n) is 11.5. The van der Waals surface area contributed by atoms with Crippen LogP contribution in [0.25, 0.3) is 22.3 Å². The first-order valence-corrected chi connectivity index (χ1v) is 13.8. The minimum absolute atomic E-state index is 0.106. The first-order chi connectivity index (χ1) is 19.7. The fourth-order valence-corrected chi connectivity index (χ4v) is 5.17. The highest BCUT2D eigenvalue weighted by Gasteiger charge is 2.38. The smallest absolute Gasteiger partial charge is 0.335 e. The van der Waals surface area contributed by atoms with Gasteiger partial charge in [0, 0.05) is 30.2 Å². The molecule has 0 spiro atoms. The van der Waals surface area contributed by atoms with Crippen molar-refractivity contribution in [3.05, 3.63) is 112 Å². The number of aromatic carboxylic acids is 1. The zero-order valence-corrected chi connectivity index (χ0v) is 23.4. The van der Waals surface area contributed by atoms with Gasteiger partial charge in [0.05, 0.1) is 22.3 Å². The van der Waals surface area contributed by atoms with Gasteiger partial charge in [-0.05, 0) is 85.2 Å². The van der Waals surface area contributed by atoms with Gasteiger partial charge >= 0.3 is 5.97 Å². The van der Waals surface area contributed by atoms with Crippen molar-refractivity contribution in [2.75, 3.05) is 0 Å². The van der Waals surface area contributed by atoms with Crippen LogP contribution in [0.5, 0.6) is 5.88 Å². The van der Waals surface area contributed by atoms with Gasteiger partial charge < -0.3 is 14.4 Å². The summed E-state index contributed by atoms with van der Waals surface area (Å²) < 4.78 is 22.3. The molecule has 5 aromatic rings. The average molecular weight is 550 g/mol. The van der Waals surface area contributed by atoms with Crippen molar-refractivity contribution in [3.8, 4) is 17.1 Å². The summed E-state index contributed by atoms with van der Waals surface area (Å²) >= 11 is 0. The summed E-state index contributed by atoms with van der Waals surface area (Å²) in [6, 6.07) is 22.1. The lowest BCUT2D eigenvalue weighted by atomic mass is 10.0. The Kier molecular flexibility index (Phi) is 6.81. The van der Waals surface area contributed by atoms with Crippen molar-refractivity contribution < 1.29 is 19.0 Å². The molecular formula is C34H32FN3O3. The Morgan fingerprint density at radius 3 is 2.54 bits per heavy atom. The summed E-state index contributed by atoms with van der Waals surface area (Å²) in [4.78, 5) is 21.2. The number of hydrogen-bond donors (Lipinski definition) is 1. The summed E-state index contributed by atoms with van der Waals surface area (Å²) in [6.07, 6.45) is 2.96. The number of pyridine rings is 1. The van der Waals surface area contributed by atoms with E-state index in [1.54, 1.807) is 30.3 Å². The van der Waals surface area contributed by atoms with Crippen molar-refractivity contribution in [2.24, 2.45) is 5.41 Å². The molecule has 6 nitrogen and oxygen atoms in total. The third kappa shape index (κ3) is 5.71. The van der Waals surface area contributed by atoms with Crippen molar-refractivity contribution in [1.82, 2.24) is 14.5 Å². The van der Waals surface area contributed by atoms with E-state index in [1.807, 2.05) is 31.2 Å². The van der Waals surface area contributed by atoms with Gasteiger partial charge in [-0.1, -0.05) is 37.3 Å². The number of carboxylic acids is 1. The standard InChI is InChI=1S/C34H32FN3O3/c1-21-7-8-26(27(35)15-21)19-41-32-6-4-5-28(37-32)24-10-9-23(22(2)16-24)18-31-36-29-12-11-25(33(39)40)17-30(29)38(31)20-34(3)13-14-34/h4-12,15-17H,13-14,18-20H2,1-3H3,(H,39,40). The van der Waals surface area contributed by atoms with E-state index >= 15 is 0 Å². The van der Waals surface area contributed by atoms with Gasteiger partial charge in [0.25, 0.3) is 0 Å². The van der Waals surface area contributed by atoms with Gasteiger partial charge in [-0.2, -0.15) is 0 Å². The summed E-state index contributed by atoms with van der Waals surface area (Å²) in [7, 11) is 0. The molecule has 41 heavy (non-hydrogen) atoms. The number of benzene rings is 3. The van der Waals surface area contributed by atoms with Gasteiger partial charge in [0.1, 0.15) is 18.2 Å². The van der Waals surface area contributed by atoms with E-state index in [1.165, 1.54) is 6.07 Å². The number of hydrogen-bond acceptors (Lipinski definition) is 4. The van der Waals surface area contributed by atoms with Crippen LogP contribution in [0, 0.1) is 25.1 Å². The summed E-state index contributed by atoms with van der Waals surface area (Å²) in [5.74, 6) is 0.153. The van der Waals surface area contributed by atoms with Gasteiger partial charge in [0.15, 0.2) is 0 Å². The van der Waals surface area contributed by atoms with Gasteiger partial charge in [0.2, 0.25) is 5.88 Å². The molecule has 1 aliphatic carbocycles. The molecule has 208 valence electrons. The molecule has 7 heteroatoms. The number of nitrogens with zero attached hydrogens (tertiary/aromatic N) is 3. The van der Waals surface area contributed by atoms with Crippen LogP contribution in [0.2, 0.25) is 0 Å². The molecule has 0 atom stereocenters. The number of carboxylic acid groups (broad SMARTS) is 1. The van der Waals surface area contributed by atoms with Crippen LogP contribution in [0.1, 0.15) is 58.2 Å². The quantitative estimate of drug-likeness (QED) is 0.206. The lowest BCUT2D eigenvalue weighted by Gasteiger charge is -2.15. The Hall–Kier alpha value is -4.52. The van der Waals surface area contributed by atoms with E-state index in [-0.39, 0.29) is 23.4 Å². The summed E-state index contributed by atoms with van der Waals surface area (Å²) in [5.41, 5.74) is 7.53. The predicted molar refractivity (Wildman–Crippen MR) is 157 cm³/mol. The van der Waals surface area contributed by atoms with Crippen LogP contribution in [-0.4, -0.2) is 25.6 Å². The molecule has 1 fully saturated rings. The zero-order valence-electron chi connectivity index (χ0n) is 23.4. The van der Waals surface area contributed by atoms with E-state index in [0.717, 1.165) is 64.2 Å². The molecule has 2 heterocycles. The molecule has 0 saturated heterocycles. The largest absolute Gasteiger partial charge is 0.478 e. The third-order valence-corrected chi connectivity index (χ3v) is 8.01. The van der Waals surface area contributed by atoms with E-state index < -0.39 is 5.97 Å². The van der Waals surface area contributed by atoms with Crippen molar-refractivity contribution in [1.29, 1.82) is 0 Å². The van der Waals surface area contributed by atoms with Crippen molar-refractivity contribution in [3.63, 3.8) is 0 Å². The Labute approximate surface area is 238 Å². The minimum atomic E-state index is -0.935. The van der Waals surface area contributed by atoms with E-state index in [2.05, 4.69) is 35.5 Å². The Morgan fingerprint density at radius 2 is 1.80 bits per heavy atom. The molecule has 0 amide bonds. The van der Waals surface area contributed by atoms with Gasteiger partial charge in [-0.3, -0.25) is 0 Å². The zero-order chi connectivity index (χ0) is 28.7. The molecule has 1 aliphatic rings. The summed E-state index contributed by atoms with van der Waals surface area (Å²) in [6.45, 7) is 7.13. The second kappa shape index (κ2) is 10.5. The lowest BCUT2D eigenvalue weighted by molar-refractivity contribution is 0.0697. The number of halogens is 1. The van der Waals surface area contributed by atoms with Crippen LogP contribution >= 0.6 is 0 Å². The van der Waals surface area contributed by atoms with Crippen LogP contribution in [0.3, 0.4) is 0 Å². The molecule has 2 aromatic heterocycles. The number of ether oxygens (including phenoxy) is 1. The monoisotopic (exact) mass is 549 g/mol. The Balaban J connectivity index is 1.24. The fraction of sp³-hybridized carbons (Fsp3) is 0.265. The maximum atomic E-state index is 14.2. The highest BCUT2D eigenvalue weighted by molar-refractivity contribution is 5.92. The number of carbonyl (C=O) groups is 1. The summed E-state index contributed by atoms with van der Waals surface area (Å²) in [5, 5.41) is 9.54. The maximum Gasteiger partial charge on any atom is 0.335 e. The number of aromatic nitrogens is 3. The second-order valence-corrected chi connectivity index (χ2v) is 11.5. The highest BCUT2D eigenvalue weighted by Crippen LogP contribution is 2.47. The fourth-order valence-electron chi connectivity index (χ4n) is 5.17. The van der Waals surface area contributed by atoms with Crippen molar-refractivity contribution in [2.45, 2.75) is 53.2 Å². The maximum absolute atomic E-state index is 14.2. The number of rotatable bonds is 9. The van der Waals surface area contributed by atoms with Crippen LogP contribution < -0.4 is 4.74 Å². The predicted octanol–water partition coefficient (Wildman–Crippen LogP) is 7.52. The first-order valence-electron chi connectivity index (χ1n) is 13.8. The molecule has 3 aromatic carbocycles. The molecule has 0 aliphatic heterocycles. The number of imidazole rings is 1. The van der Waals surface area contributed by atoms with E-state index in [4.69, 9.17) is 9.72 Å². The van der Waals surface area contributed by atoms with Crippen molar-refractivity contribution >= 4 is 17.0 Å². The molecular weight excluding hydrogens is 517 g/mol. The van der Waals surface area contributed by atoms with E-state index in [9.17, 15) is 14.3 Å². The minimum Gasteiger partial charge on any atom is -0.478 e. The molecule has 0 radical (unpaired) electrons. The normalized spacial score (nSPS) is 13.9. The molecule has 0 unspecified atom stereocenters. The third-order valence-electron chi connectivity index (χ3n) is 8.01. The Bertz CT molecular complexity index is 1790. The van der Waals surface area contributed by atoms with Gasteiger partial charge in [-0.25, -0.2) is 19.2 Å². The topological polar surface area (TPSA) is 77.2 Å². The van der Waals surface area contributed by atoms with Crippen LogP contribution in [-0.2, 0) is 19.6 Å². The van der Waals surface area contributed by atoms with E-state index in [0.29, 0.717) is 17.9 Å². The number of fused-ring (bicyclic) bond motifs is 1. The van der Waals surface area contributed by atoms with Gasteiger partial charge in [-0.15, -0.1) is 0 Å². The first kappa shape index (κ1) is 26.7. The van der Waals surface area contributed by atoms with Crippen LogP contribution in [0.4, 0.5) is 4.39 Å². The Morgan fingerprint density at radius 1 is 1.00 bits per heavy atom.